The maximum absolute atomic E-state index is 5.38. The number of hydrogen-bond donors (Lipinski definition) is 0. The number of aromatic nitrogens is 4. The summed E-state index contributed by atoms with van der Waals surface area (Å²) in [6.07, 6.45) is 0. The van der Waals surface area contributed by atoms with Crippen LogP contribution in [0.3, 0.4) is 0 Å². The van der Waals surface area contributed by atoms with Crippen LogP contribution in [0.15, 0.2) is 182 Å². The highest BCUT2D eigenvalue weighted by Gasteiger charge is 2.21. The van der Waals surface area contributed by atoms with Crippen molar-refractivity contribution in [3.63, 3.8) is 0 Å². The van der Waals surface area contributed by atoms with Crippen LogP contribution in [0.1, 0.15) is 0 Å². The van der Waals surface area contributed by atoms with E-state index >= 15 is 0 Å². The number of hydrogen-bond acceptors (Lipinski definition) is 2. The highest BCUT2D eigenvalue weighted by Crippen LogP contribution is 2.42. The van der Waals surface area contributed by atoms with Crippen molar-refractivity contribution < 1.29 is 0 Å². The van der Waals surface area contributed by atoms with Crippen molar-refractivity contribution >= 4 is 92.3 Å². The number of para-hydroxylation sites is 4. The van der Waals surface area contributed by atoms with Gasteiger partial charge >= 0.3 is 0 Å². The SMILES string of the molecule is c1ccc(-c2nc(-n3c4ccccc4c4cc5c6cccc7c8ccccc8c8ccccc8c8ccccc8n(c5cc43)c76)nc3ccccc23)cc1. The van der Waals surface area contributed by atoms with Crippen LogP contribution in [-0.2, 0) is 0 Å². The second-order valence-electron chi connectivity index (χ2n) is 14.1. The minimum Gasteiger partial charge on any atom is -0.308 e. The largest absolute Gasteiger partial charge is 0.308 e. The van der Waals surface area contributed by atoms with E-state index in [1.54, 1.807) is 0 Å². The number of benzene rings is 8. The maximum Gasteiger partial charge on any atom is 0.235 e. The summed E-state index contributed by atoms with van der Waals surface area (Å²) in [5.41, 5.74) is 8.54. The lowest BCUT2D eigenvalue weighted by atomic mass is 10.0. The standard InChI is InChI=1S/C50H30N4/c1-2-15-31(16-3-1)48-40-23-8-11-26-43(40)51-50(52-48)54-45-28-13-10-22-37(45)41-29-42-39-25-14-24-38-35-20-7-5-18-33(35)32-17-4-6-19-34(32)36-21-9-12-27-44(36)53(49(38)39)46(42)30-47(41)54/h1-30H. The van der Waals surface area contributed by atoms with E-state index in [4.69, 9.17) is 9.97 Å². The fourth-order valence-corrected chi connectivity index (χ4v) is 8.99. The third-order valence-electron chi connectivity index (χ3n) is 11.3. The second-order valence-corrected chi connectivity index (χ2v) is 14.1. The van der Waals surface area contributed by atoms with Crippen LogP contribution in [0.5, 0.6) is 0 Å². The lowest BCUT2D eigenvalue weighted by Crippen LogP contribution is -2.03. The minimum absolute atomic E-state index is 0.655. The van der Waals surface area contributed by atoms with Crippen molar-refractivity contribution in [2.75, 3.05) is 0 Å². The van der Waals surface area contributed by atoms with Crippen LogP contribution in [0.2, 0.25) is 0 Å². The first-order valence-electron chi connectivity index (χ1n) is 18.4. The van der Waals surface area contributed by atoms with Crippen molar-refractivity contribution in [1.29, 1.82) is 0 Å². The highest BCUT2D eigenvalue weighted by molar-refractivity contribution is 6.27. The van der Waals surface area contributed by atoms with Gasteiger partial charge in [0.05, 0.1) is 38.8 Å². The molecule has 4 aromatic heterocycles. The second kappa shape index (κ2) is 11.1. The zero-order chi connectivity index (χ0) is 35.3. The van der Waals surface area contributed by atoms with Gasteiger partial charge in [0.2, 0.25) is 5.95 Å². The van der Waals surface area contributed by atoms with Gasteiger partial charge in [0, 0.05) is 43.3 Å². The Morgan fingerprint density at radius 2 is 0.815 bits per heavy atom. The first-order chi connectivity index (χ1) is 26.8. The maximum atomic E-state index is 5.38. The molecule has 0 saturated heterocycles. The molecular weight excluding hydrogens is 657 g/mol. The van der Waals surface area contributed by atoms with E-state index in [9.17, 15) is 0 Å². The van der Waals surface area contributed by atoms with E-state index in [-0.39, 0.29) is 0 Å². The van der Waals surface area contributed by atoms with Gasteiger partial charge in [-0.1, -0.05) is 152 Å². The van der Waals surface area contributed by atoms with Crippen LogP contribution in [0.4, 0.5) is 0 Å². The van der Waals surface area contributed by atoms with Gasteiger partial charge in [-0.3, -0.25) is 4.57 Å². The molecule has 0 spiro atoms. The first kappa shape index (κ1) is 29.3. The average Bonchev–Trinajstić information content (AvgIpc) is 3.75. The summed E-state index contributed by atoms with van der Waals surface area (Å²) < 4.78 is 4.77. The van der Waals surface area contributed by atoms with Crippen molar-refractivity contribution in [3.8, 4) is 17.2 Å². The molecule has 0 bridgehead atoms. The summed E-state index contributed by atoms with van der Waals surface area (Å²) in [5, 5.41) is 13.2. The van der Waals surface area contributed by atoms with Gasteiger partial charge in [0.1, 0.15) is 0 Å². The average molecular weight is 687 g/mol. The number of rotatable bonds is 2. The molecular formula is C50H30N4. The third kappa shape index (κ3) is 4.02. The molecule has 4 heterocycles. The molecule has 12 aromatic rings. The van der Waals surface area contributed by atoms with E-state index in [0.717, 1.165) is 44.2 Å². The van der Waals surface area contributed by atoms with Gasteiger partial charge in [-0.2, -0.15) is 0 Å². The van der Waals surface area contributed by atoms with E-state index in [1.807, 2.05) is 6.07 Å². The molecule has 0 aliphatic carbocycles. The van der Waals surface area contributed by atoms with Crippen LogP contribution < -0.4 is 0 Å². The molecule has 0 N–H and O–H groups in total. The number of nitrogens with zero attached hydrogens (tertiary/aromatic N) is 4. The zero-order valence-electron chi connectivity index (χ0n) is 29.1. The number of fused-ring (bicyclic) bond motifs is 14. The van der Waals surface area contributed by atoms with Crippen LogP contribution in [-0.4, -0.2) is 18.9 Å². The van der Waals surface area contributed by atoms with Gasteiger partial charge in [0.15, 0.2) is 0 Å². The third-order valence-corrected chi connectivity index (χ3v) is 11.3. The monoisotopic (exact) mass is 686 g/mol. The Balaban J connectivity index is 1.32. The molecule has 250 valence electrons. The predicted octanol–water partition coefficient (Wildman–Crippen LogP) is 13.0. The van der Waals surface area contributed by atoms with Crippen molar-refractivity contribution in [2.24, 2.45) is 0 Å². The van der Waals surface area contributed by atoms with E-state index in [0.29, 0.717) is 5.95 Å². The molecule has 0 amide bonds. The molecule has 0 aliphatic heterocycles. The highest BCUT2D eigenvalue weighted by atomic mass is 15.2. The molecule has 0 saturated carbocycles. The molecule has 8 aromatic carbocycles. The van der Waals surface area contributed by atoms with Gasteiger partial charge in [-0.25, -0.2) is 9.97 Å². The lowest BCUT2D eigenvalue weighted by Gasteiger charge is -2.12. The Kier molecular flexibility index (Phi) is 6.02. The Hall–Kier alpha value is -7.30. The normalized spacial score (nSPS) is 12.1. The Labute approximate surface area is 309 Å². The van der Waals surface area contributed by atoms with E-state index in [1.165, 1.54) is 59.4 Å². The molecule has 0 atom stereocenters. The summed E-state index contributed by atoms with van der Waals surface area (Å²) in [5.74, 6) is 0.655. The van der Waals surface area contributed by atoms with Crippen molar-refractivity contribution in [3.05, 3.63) is 182 Å². The van der Waals surface area contributed by atoms with Gasteiger partial charge < -0.3 is 4.40 Å². The summed E-state index contributed by atoms with van der Waals surface area (Å²) >= 11 is 0. The molecule has 4 nitrogen and oxygen atoms in total. The summed E-state index contributed by atoms with van der Waals surface area (Å²) in [4.78, 5) is 10.6. The van der Waals surface area contributed by atoms with Crippen LogP contribution >= 0.6 is 0 Å². The Bertz CT molecular complexity index is 3560. The molecule has 12 rings (SSSR count). The van der Waals surface area contributed by atoms with E-state index in [2.05, 4.69) is 185 Å². The van der Waals surface area contributed by atoms with Crippen molar-refractivity contribution in [2.45, 2.75) is 0 Å². The fourth-order valence-electron chi connectivity index (χ4n) is 8.99. The molecule has 4 heteroatoms. The van der Waals surface area contributed by atoms with Gasteiger partial charge in [-0.05, 0) is 51.9 Å². The molecule has 54 heavy (non-hydrogen) atoms. The molecule has 0 radical (unpaired) electrons. The Morgan fingerprint density at radius 3 is 1.54 bits per heavy atom. The van der Waals surface area contributed by atoms with Gasteiger partial charge in [-0.15, -0.1) is 0 Å². The summed E-state index contributed by atoms with van der Waals surface area (Å²) in [6, 6.07) is 65.6. The predicted molar refractivity (Wildman–Crippen MR) is 227 cm³/mol. The van der Waals surface area contributed by atoms with Crippen LogP contribution in [0, 0.1) is 0 Å². The zero-order valence-corrected chi connectivity index (χ0v) is 29.1. The van der Waals surface area contributed by atoms with E-state index < -0.39 is 0 Å². The van der Waals surface area contributed by atoms with Crippen molar-refractivity contribution in [1.82, 2.24) is 18.9 Å². The smallest absolute Gasteiger partial charge is 0.235 e. The van der Waals surface area contributed by atoms with Crippen LogP contribution in [0.25, 0.3) is 110 Å². The van der Waals surface area contributed by atoms with Gasteiger partial charge in [0.25, 0.3) is 0 Å². The summed E-state index contributed by atoms with van der Waals surface area (Å²) in [6.45, 7) is 0. The first-order valence-corrected chi connectivity index (χ1v) is 18.4. The molecule has 0 aliphatic rings. The Morgan fingerprint density at radius 1 is 0.315 bits per heavy atom. The quantitative estimate of drug-likeness (QED) is 0.181. The summed E-state index contributed by atoms with van der Waals surface area (Å²) in [7, 11) is 0. The lowest BCUT2D eigenvalue weighted by molar-refractivity contribution is 1.01. The fraction of sp³-hybridized carbons (Fsp3) is 0. The molecule has 0 fully saturated rings. The molecule has 0 unspecified atom stereocenters. The minimum atomic E-state index is 0.655. The topological polar surface area (TPSA) is 35.1 Å².